The zero-order chi connectivity index (χ0) is 17.3. The Morgan fingerprint density at radius 3 is 2.27 bits per heavy atom. The van der Waals surface area contributed by atoms with E-state index in [0.29, 0.717) is 13.0 Å². The van der Waals surface area contributed by atoms with Crippen molar-refractivity contribution in [3.05, 3.63) is 11.5 Å². The average Bonchev–Trinajstić information content (AvgIpc) is 2.74. The minimum atomic E-state index is -1.42. The second-order valence-electron chi connectivity index (χ2n) is 4.54. The van der Waals surface area contributed by atoms with Gasteiger partial charge in [-0.2, -0.15) is 0 Å². The molecular formula is C12H22N2O8. The predicted octanol–water partition coefficient (Wildman–Crippen LogP) is -1.88. The van der Waals surface area contributed by atoms with Crippen LogP contribution >= 0.6 is 0 Å². The summed E-state index contributed by atoms with van der Waals surface area (Å²) < 4.78 is 4.32. The van der Waals surface area contributed by atoms with Gasteiger partial charge in [0.2, 0.25) is 5.76 Å². The van der Waals surface area contributed by atoms with Crippen LogP contribution in [0, 0.1) is 0 Å². The van der Waals surface area contributed by atoms with Crippen molar-refractivity contribution in [1.82, 2.24) is 0 Å². The standard InChI is InChI=1S/C6H14N2O2.C6H8O6/c7-4-2-1-3-5(8)6(9)10;7-1-2(8)5-3(9)4(10)6(11)12-5/h5H,1-4,7-8H2,(H,9,10);2,5,7-10H,1H2. The lowest BCUT2D eigenvalue weighted by Gasteiger charge is -2.13. The highest BCUT2D eigenvalue weighted by molar-refractivity contribution is 5.89. The maximum atomic E-state index is 10.5. The third-order valence-corrected chi connectivity index (χ3v) is 2.76. The number of carboxylic acid groups (broad SMARTS) is 1. The van der Waals surface area contributed by atoms with Gasteiger partial charge in [-0.3, -0.25) is 4.79 Å². The molecule has 128 valence electrons. The minimum absolute atomic E-state index is 0.520. The number of carbonyl (C=O) groups excluding carboxylic acids is 1. The van der Waals surface area contributed by atoms with E-state index in [1.165, 1.54) is 0 Å². The molecule has 0 aromatic rings. The molecule has 3 unspecified atom stereocenters. The molecule has 10 heteroatoms. The SMILES string of the molecule is NCCCCC(N)C(=O)O.O=C1OC(C(O)CO)C(O)=C1O. The normalized spacial score (nSPS) is 20.0. The molecule has 0 saturated carbocycles. The van der Waals surface area contributed by atoms with Crippen molar-refractivity contribution in [2.45, 2.75) is 37.5 Å². The maximum Gasteiger partial charge on any atom is 0.377 e. The predicted molar refractivity (Wildman–Crippen MR) is 73.8 cm³/mol. The number of carboxylic acids is 1. The van der Waals surface area contributed by atoms with Gasteiger partial charge in [-0.05, 0) is 19.4 Å². The van der Waals surface area contributed by atoms with Crippen LogP contribution in [0.1, 0.15) is 19.3 Å². The highest BCUT2D eigenvalue weighted by atomic mass is 16.6. The van der Waals surface area contributed by atoms with E-state index in [4.69, 9.17) is 37.0 Å². The molecule has 1 heterocycles. The van der Waals surface area contributed by atoms with Crippen LogP contribution in [0.25, 0.3) is 0 Å². The topological polar surface area (TPSA) is 197 Å². The third kappa shape index (κ3) is 6.26. The Labute approximate surface area is 126 Å². The molecule has 0 aliphatic carbocycles. The molecule has 1 rings (SSSR count). The maximum absolute atomic E-state index is 10.5. The molecule has 10 nitrogen and oxygen atoms in total. The van der Waals surface area contributed by atoms with Crippen LogP contribution in [-0.4, -0.2) is 68.9 Å². The van der Waals surface area contributed by atoms with E-state index in [2.05, 4.69) is 4.74 Å². The molecule has 3 atom stereocenters. The molecule has 1 aliphatic rings. The first-order chi connectivity index (χ1) is 10.3. The number of unbranched alkanes of at least 4 members (excludes halogenated alkanes) is 1. The van der Waals surface area contributed by atoms with Crippen molar-refractivity contribution in [2.24, 2.45) is 11.5 Å². The smallest absolute Gasteiger partial charge is 0.377 e. The van der Waals surface area contributed by atoms with Gasteiger partial charge in [-0.15, -0.1) is 0 Å². The van der Waals surface area contributed by atoms with Crippen LogP contribution in [-0.2, 0) is 14.3 Å². The average molecular weight is 322 g/mol. The number of nitrogens with two attached hydrogens (primary N) is 2. The number of aliphatic hydroxyl groups excluding tert-OH is 4. The summed E-state index contributed by atoms with van der Waals surface area (Å²) in [7, 11) is 0. The first kappa shape index (κ1) is 20.1. The number of hydrogen-bond acceptors (Lipinski definition) is 9. The van der Waals surface area contributed by atoms with Crippen molar-refractivity contribution in [2.75, 3.05) is 13.2 Å². The molecule has 1 aliphatic heterocycles. The monoisotopic (exact) mass is 322 g/mol. The molecule has 0 bridgehead atoms. The van der Waals surface area contributed by atoms with Crippen LogP contribution in [0.15, 0.2) is 11.5 Å². The Bertz CT molecular complexity index is 412. The number of carbonyl (C=O) groups is 2. The number of cyclic esters (lactones) is 1. The van der Waals surface area contributed by atoms with Gasteiger partial charge in [0.25, 0.3) is 0 Å². The summed E-state index contributed by atoms with van der Waals surface area (Å²) in [5.41, 5.74) is 10.4. The Hall–Kier alpha value is -1.88. The van der Waals surface area contributed by atoms with Gasteiger partial charge >= 0.3 is 11.9 Å². The molecule has 0 aromatic carbocycles. The summed E-state index contributed by atoms with van der Waals surface area (Å²) in [6, 6.07) is -0.716. The van der Waals surface area contributed by atoms with Crippen LogP contribution < -0.4 is 11.5 Å². The fourth-order valence-corrected chi connectivity index (χ4v) is 1.45. The Morgan fingerprint density at radius 2 is 1.91 bits per heavy atom. The van der Waals surface area contributed by atoms with Crippen molar-refractivity contribution in [3.63, 3.8) is 0 Å². The first-order valence-electron chi connectivity index (χ1n) is 6.56. The van der Waals surface area contributed by atoms with Gasteiger partial charge in [-0.25, -0.2) is 4.79 Å². The molecule has 9 N–H and O–H groups in total. The molecular weight excluding hydrogens is 300 g/mol. The summed E-state index contributed by atoms with van der Waals surface area (Å²) in [5, 5.41) is 43.4. The van der Waals surface area contributed by atoms with Gasteiger partial charge in [0.1, 0.15) is 12.1 Å². The van der Waals surface area contributed by atoms with E-state index in [1.54, 1.807) is 0 Å². The van der Waals surface area contributed by atoms with Crippen molar-refractivity contribution in [3.8, 4) is 0 Å². The Morgan fingerprint density at radius 1 is 1.32 bits per heavy atom. The quantitative estimate of drug-likeness (QED) is 0.206. The minimum Gasteiger partial charge on any atom is -0.505 e. The highest BCUT2D eigenvalue weighted by Crippen LogP contribution is 2.20. The van der Waals surface area contributed by atoms with Crippen LogP contribution in [0.2, 0.25) is 0 Å². The van der Waals surface area contributed by atoms with Crippen LogP contribution in [0.4, 0.5) is 0 Å². The van der Waals surface area contributed by atoms with Gasteiger partial charge in [0, 0.05) is 0 Å². The molecule has 0 saturated heterocycles. The number of aliphatic carboxylic acids is 1. The molecule has 0 amide bonds. The van der Waals surface area contributed by atoms with E-state index in [9.17, 15) is 9.59 Å². The van der Waals surface area contributed by atoms with Crippen LogP contribution in [0.5, 0.6) is 0 Å². The molecule has 22 heavy (non-hydrogen) atoms. The van der Waals surface area contributed by atoms with Crippen molar-refractivity contribution < 1.29 is 39.9 Å². The van der Waals surface area contributed by atoms with Gasteiger partial charge in [-0.1, -0.05) is 6.42 Å². The van der Waals surface area contributed by atoms with E-state index in [0.717, 1.165) is 12.8 Å². The van der Waals surface area contributed by atoms with Crippen LogP contribution in [0.3, 0.4) is 0 Å². The Kier molecular flexibility index (Phi) is 9.10. The fourth-order valence-electron chi connectivity index (χ4n) is 1.45. The molecule has 0 spiro atoms. The van der Waals surface area contributed by atoms with E-state index in [1.807, 2.05) is 0 Å². The number of aliphatic hydroxyl groups is 4. The highest BCUT2D eigenvalue weighted by Gasteiger charge is 2.38. The zero-order valence-electron chi connectivity index (χ0n) is 11.9. The summed E-state index contributed by atoms with van der Waals surface area (Å²) in [4.78, 5) is 20.7. The number of esters is 1. The second-order valence-corrected chi connectivity index (χ2v) is 4.54. The van der Waals surface area contributed by atoms with Crippen molar-refractivity contribution in [1.29, 1.82) is 0 Å². The molecule has 0 radical (unpaired) electrons. The fraction of sp³-hybridized carbons (Fsp3) is 0.667. The third-order valence-electron chi connectivity index (χ3n) is 2.76. The van der Waals surface area contributed by atoms with E-state index < -0.39 is 48.3 Å². The van der Waals surface area contributed by atoms with Crippen molar-refractivity contribution >= 4 is 11.9 Å². The lowest BCUT2D eigenvalue weighted by atomic mass is 10.1. The summed E-state index contributed by atoms with van der Waals surface area (Å²) in [5.74, 6) is -3.71. The second kappa shape index (κ2) is 9.95. The summed E-state index contributed by atoms with van der Waals surface area (Å²) >= 11 is 0. The van der Waals surface area contributed by atoms with E-state index in [-0.39, 0.29) is 0 Å². The first-order valence-corrected chi connectivity index (χ1v) is 6.56. The van der Waals surface area contributed by atoms with Gasteiger partial charge in [0.05, 0.1) is 6.61 Å². The van der Waals surface area contributed by atoms with E-state index >= 15 is 0 Å². The van der Waals surface area contributed by atoms with Gasteiger partial charge in [0.15, 0.2) is 11.9 Å². The lowest BCUT2D eigenvalue weighted by Crippen LogP contribution is -2.31. The Balaban J connectivity index is 0.000000409. The molecule has 0 fully saturated rings. The van der Waals surface area contributed by atoms with Gasteiger partial charge < -0.3 is 41.7 Å². The number of rotatable bonds is 7. The largest absolute Gasteiger partial charge is 0.505 e. The summed E-state index contributed by atoms with van der Waals surface area (Å²) in [6.07, 6.45) is -0.613. The lowest BCUT2D eigenvalue weighted by molar-refractivity contribution is -0.147. The molecule has 0 aromatic heterocycles. The zero-order valence-corrected chi connectivity index (χ0v) is 11.9. The number of hydrogen-bond donors (Lipinski definition) is 7. The number of ether oxygens (including phenoxy) is 1. The summed E-state index contributed by atoms with van der Waals surface area (Å²) in [6.45, 7) is -0.0678.